The number of nitrogens with two attached hydrogens (primary N) is 1. The zero-order chi connectivity index (χ0) is 15.4. The quantitative estimate of drug-likeness (QED) is 0.864. The molecule has 0 radical (unpaired) electrons. The van der Waals surface area contributed by atoms with Gasteiger partial charge in [0, 0.05) is 31.9 Å². The van der Waals surface area contributed by atoms with Gasteiger partial charge >= 0.3 is 0 Å². The van der Waals surface area contributed by atoms with E-state index in [1.54, 1.807) is 0 Å². The number of hydrogen-bond acceptors (Lipinski definition) is 4. The van der Waals surface area contributed by atoms with E-state index in [0.29, 0.717) is 12.6 Å². The molecule has 1 amide bonds. The third-order valence-electron chi connectivity index (χ3n) is 3.94. The number of nitrogens with one attached hydrogen (secondary N) is 1. The Morgan fingerprint density at radius 3 is 2.95 bits per heavy atom. The first-order valence-corrected chi connectivity index (χ1v) is 7.70. The zero-order valence-corrected chi connectivity index (χ0v) is 13.2. The fourth-order valence-corrected chi connectivity index (χ4v) is 2.78. The number of piperidine rings is 1. The van der Waals surface area contributed by atoms with Crippen molar-refractivity contribution in [2.75, 3.05) is 18.0 Å². The van der Waals surface area contributed by atoms with Gasteiger partial charge in [-0.15, -0.1) is 0 Å². The average molecular weight is 290 g/mol. The molecule has 0 aliphatic carbocycles. The van der Waals surface area contributed by atoms with E-state index >= 15 is 0 Å². The number of nitrogens with zero attached hydrogens (tertiary/aromatic N) is 2. The third kappa shape index (κ3) is 4.17. The van der Waals surface area contributed by atoms with Gasteiger partial charge in [0.1, 0.15) is 5.82 Å². The lowest BCUT2D eigenvalue weighted by atomic mass is 9.97. The summed E-state index contributed by atoms with van der Waals surface area (Å²) in [5.41, 5.74) is 7.79. The van der Waals surface area contributed by atoms with E-state index in [1.807, 2.05) is 6.20 Å². The fourth-order valence-electron chi connectivity index (χ4n) is 2.78. The topological polar surface area (TPSA) is 71.2 Å². The number of rotatable bonds is 5. The van der Waals surface area contributed by atoms with Gasteiger partial charge in [-0.3, -0.25) is 4.79 Å². The minimum Gasteiger partial charge on any atom is -0.369 e. The summed E-state index contributed by atoms with van der Waals surface area (Å²) in [5, 5.41) is 3.40. The van der Waals surface area contributed by atoms with Gasteiger partial charge in [-0.1, -0.05) is 13.8 Å². The Morgan fingerprint density at radius 2 is 2.33 bits per heavy atom. The minimum absolute atomic E-state index is 0.0535. The summed E-state index contributed by atoms with van der Waals surface area (Å²) < 4.78 is 0. The number of aryl methyl sites for hydroxylation is 1. The highest BCUT2D eigenvalue weighted by Crippen LogP contribution is 2.24. The lowest BCUT2D eigenvalue weighted by Crippen LogP contribution is -2.41. The lowest BCUT2D eigenvalue weighted by Gasteiger charge is -2.33. The molecule has 2 heterocycles. The molecule has 5 heteroatoms. The molecule has 1 aliphatic heterocycles. The molecule has 5 nitrogen and oxygen atoms in total. The minimum atomic E-state index is -0.199. The Hall–Kier alpha value is -1.62. The van der Waals surface area contributed by atoms with Crippen molar-refractivity contribution in [3.8, 4) is 0 Å². The van der Waals surface area contributed by atoms with Crippen LogP contribution in [0, 0.1) is 12.8 Å². The summed E-state index contributed by atoms with van der Waals surface area (Å²) >= 11 is 0. The highest BCUT2D eigenvalue weighted by Gasteiger charge is 2.25. The first-order chi connectivity index (χ1) is 9.97. The molecule has 1 saturated heterocycles. The molecule has 21 heavy (non-hydrogen) atoms. The van der Waals surface area contributed by atoms with E-state index in [4.69, 9.17) is 5.73 Å². The van der Waals surface area contributed by atoms with Crippen LogP contribution in [0.15, 0.2) is 12.3 Å². The second-order valence-corrected chi connectivity index (χ2v) is 6.21. The second kappa shape index (κ2) is 6.89. The molecule has 1 fully saturated rings. The molecule has 1 atom stereocenters. The molecular formula is C16H26N4O. The Bertz CT molecular complexity index is 501. The predicted octanol–water partition coefficient (Wildman–Crippen LogP) is 1.59. The van der Waals surface area contributed by atoms with Crippen molar-refractivity contribution in [2.24, 2.45) is 11.7 Å². The van der Waals surface area contributed by atoms with Gasteiger partial charge in [0.05, 0.1) is 5.92 Å². The molecule has 2 rings (SSSR count). The van der Waals surface area contributed by atoms with E-state index in [2.05, 4.69) is 42.0 Å². The average Bonchev–Trinajstić information content (AvgIpc) is 2.45. The van der Waals surface area contributed by atoms with E-state index in [0.717, 1.165) is 37.3 Å². The van der Waals surface area contributed by atoms with Crippen LogP contribution in [0.25, 0.3) is 0 Å². The van der Waals surface area contributed by atoms with Crippen molar-refractivity contribution in [2.45, 2.75) is 46.2 Å². The van der Waals surface area contributed by atoms with Crippen LogP contribution >= 0.6 is 0 Å². The number of primary amides is 1. The predicted molar refractivity (Wildman–Crippen MR) is 85.1 cm³/mol. The molecule has 1 unspecified atom stereocenters. The Labute approximate surface area is 126 Å². The van der Waals surface area contributed by atoms with Crippen molar-refractivity contribution < 1.29 is 4.79 Å². The lowest BCUT2D eigenvalue weighted by molar-refractivity contribution is -0.122. The molecule has 0 saturated carbocycles. The maximum atomic E-state index is 11.4. The number of aromatic nitrogens is 1. The van der Waals surface area contributed by atoms with E-state index in [9.17, 15) is 4.79 Å². The second-order valence-electron chi connectivity index (χ2n) is 6.21. The Kier molecular flexibility index (Phi) is 5.17. The van der Waals surface area contributed by atoms with Gasteiger partial charge in [0.25, 0.3) is 0 Å². The number of carbonyl (C=O) groups is 1. The smallest absolute Gasteiger partial charge is 0.222 e. The molecule has 1 aliphatic rings. The van der Waals surface area contributed by atoms with Crippen LogP contribution in [0.4, 0.5) is 5.82 Å². The molecule has 116 valence electrons. The summed E-state index contributed by atoms with van der Waals surface area (Å²) in [7, 11) is 0. The van der Waals surface area contributed by atoms with Crippen LogP contribution in [-0.4, -0.2) is 30.0 Å². The van der Waals surface area contributed by atoms with Crippen molar-refractivity contribution >= 4 is 11.7 Å². The van der Waals surface area contributed by atoms with Crippen molar-refractivity contribution in [1.29, 1.82) is 0 Å². The van der Waals surface area contributed by atoms with Gasteiger partial charge in [-0.25, -0.2) is 4.98 Å². The number of anilines is 1. The highest BCUT2D eigenvalue weighted by atomic mass is 16.1. The SMILES string of the molecule is Cc1cc(CNC(C)C)cnc1N1CCCC(C(N)=O)C1. The molecule has 3 N–H and O–H groups in total. The first kappa shape index (κ1) is 15.8. The van der Waals surface area contributed by atoms with Gasteiger partial charge in [0.15, 0.2) is 0 Å². The molecule has 0 spiro atoms. The van der Waals surface area contributed by atoms with E-state index < -0.39 is 0 Å². The normalized spacial score (nSPS) is 19.0. The molecular weight excluding hydrogens is 264 g/mol. The molecule has 0 bridgehead atoms. The van der Waals surface area contributed by atoms with Crippen LogP contribution in [0.2, 0.25) is 0 Å². The zero-order valence-electron chi connectivity index (χ0n) is 13.2. The number of pyridine rings is 1. The van der Waals surface area contributed by atoms with Crippen LogP contribution in [-0.2, 0) is 11.3 Å². The van der Waals surface area contributed by atoms with Crippen molar-refractivity contribution in [1.82, 2.24) is 10.3 Å². The van der Waals surface area contributed by atoms with Crippen LogP contribution in [0.3, 0.4) is 0 Å². The molecule has 1 aromatic heterocycles. The standard InChI is InChI=1S/C16H26N4O/c1-11(2)18-8-13-7-12(3)16(19-9-13)20-6-4-5-14(10-20)15(17)21/h7,9,11,14,18H,4-6,8,10H2,1-3H3,(H2,17,21). The fraction of sp³-hybridized carbons (Fsp3) is 0.625. The van der Waals surface area contributed by atoms with E-state index in [1.165, 1.54) is 5.56 Å². The number of hydrogen-bond donors (Lipinski definition) is 2. The molecule has 1 aromatic rings. The Balaban J connectivity index is 2.07. The van der Waals surface area contributed by atoms with Crippen LogP contribution < -0.4 is 16.0 Å². The van der Waals surface area contributed by atoms with Crippen molar-refractivity contribution in [3.05, 3.63) is 23.4 Å². The summed E-state index contributed by atoms with van der Waals surface area (Å²) in [6.07, 6.45) is 3.80. The van der Waals surface area contributed by atoms with Gasteiger partial charge in [-0.05, 0) is 37.0 Å². The van der Waals surface area contributed by atoms with E-state index in [-0.39, 0.29) is 11.8 Å². The summed E-state index contributed by atoms with van der Waals surface area (Å²) in [6.45, 7) is 8.80. The Morgan fingerprint density at radius 1 is 1.57 bits per heavy atom. The van der Waals surface area contributed by atoms with Gasteiger partial charge in [0.2, 0.25) is 5.91 Å². The van der Waals surface area contributed by atoms with Crippen molar-refractivity contribution in [3.63, 3.8) is 0 Å². The maximum Gasteiger partial charge on any atom is 0.222 e. The van der Waals surface area contributed by atoms with Crippen LogP contribution in [0.5, 0.6) is 0 Å². The molecule has 0 aromatic carbocycles. The largest absolute Gasteiger partial charge is 0.369 e. The summed E-state index contributed by atoms with van der Waals surface area (Å²) in [4.78, 5) is 18.2. The summed E-state index contributed by atoms with van der Waals surface area (Å²) in [6, 6.07) is 2.63. The number of carbonyl (C=O) groups excluding carboxylic acids is 1. The monoisotopic (exact) mass is 290 g/mol. The third-order valence-corrected chi connectivity index (χ3v) is 3.94. The number of amides is 1. The highest BCUT2D eigenvalue weighted by molar-refractivity contribution is 5.77. The van der Waals surface area contributed by atoms with Crippen LogP contribution in [0.1, 0.15) is 37.8 Å². The summed E-state index contributed by atoms with van der Waals surface area (Å²) in [5.74, 6) is 0.728. The first-order valence-electron chi connectivity index (χ1n) is 7.70. The van der Waals surface area contributed by atoms with Gasteiger partial charge in [-0.2, -0.15) is 0 Å². The van der Waals surface area contributed by atoms with Gasteiger partial charge < -0.3 is 16.0 Å². The maximum absolute atomic E-state index is 11.4.